The third kappa shape index (κ3) is 6.39. The van der Waals surface area contributed by atoms with E-state index < -0.39 is 0 Å². The summed E-state index contributed by atoms with van der Waals surface area (Å²) >= 11 is 0. The molecule has 3 aromatic carbocycles. The second-order valence-electron chi connectivity index (χ2n) is 11.7. The molecule has 0 amide bonds. The van der Waals surface area contributed by atoms with Crippen molar-refractivity contribution in [1.29, 1.82) is 0 Å². The van der Waals surface area contributed by atoms with Crippen molar-refractivity contribution in [2.45, 2.75) is 123 Å². The zero-order chi connectivity index (χ0) is 26.1. The number of unbranched alkanes of at least 4 members (excludes halogenated alkanes) is 10. The molecule has 0 radical (unpaired) electrons. The lowest BCUT2D eigenvalue weighted by Crippen LogP contribution is -2.25. The van der Waals surface area contributed by atoms with Crippen LogP contribution in [0.15, 0.2) is 60.7 Å². The van der Waals surface area contributed by atoms with Crippen molar-refractivity contribution in [1.82, 2.24) is 0 Å². The molecule has 0 fully saturated rings. The Labute approximate surface area is 227 Å². The molecule has 0 heterocycles. The molecule has 0 bridgehead atoms. The molecule has 3 aromatic rings. The summed E-state index contributed by atoms with van der Waals surface area (Å²) in [5.41, 5.74) is 11.8. The summed E-state index contributed by atoms with van der Waals surface area (Å²) in [4.78, 5) is 0. The lowest BCUT2D eigenvalue weighted by atomic mass is 9.70. The average molecular weight is 495 g/mol. The Bertz CT molecular complexity index is 1120. The van der Waals surface area contributed by atoms with E-state index in [1.807, 2.05) is 0 Å². The monoisotopic (exact) mass is 494 g/mol. The highest BCUT2D eigenvalue weighted by molar-refractivity contribution is 5.84. The number of fused-ring (bicyclic) bond motifs is 3. The third-order valence-electron chi connectivity index (χ3n) is 8.89. The number of benzene rings is 3. The Morgan fingerprint density at radius 1 is 0.514 bits per heavy atom. The summed E-state index contributed by atoms with van der Waals surface area (Å²) in [6.45, 7) is 9.11. The fraction of sp³-hybridized carbons (Fsp3) is 0.514. The summed E-state index contributed by atoms with van der Waals surface area (Å²) in [7, 11) is 0. The van der Waals surface area contributed by atoms with E-state index >= 15 is 0 Å². The molecular formula is C37H50. The van der Waals surface area contributed by atoms with E-state index in [9.17, 15) is 0 Å². The maximum Gasteiger partial charge on any atom is 0.0215 e. The van der Waals surface area contributed by atoms with E-state index in [4.69, 9.17) is 0 Å². The fourth-order valence-electron chi connectivity index (χ4n) is 6.75. The topological polar surface area (TPSA) is 0 Å². The second-order valence-corrected chi connectivity index (χ2v) is 11.7. The van der Waals surface area contributed by atoms with Crippen LogP contribution in [0.3, 0.4) is 0 Å². The highest BCUT2D eigenvalue weighted by atomic mass is 14.4. The summed E-state index contributed by atoms with van der Waals surface area (Å²) in [6.07, 6.45) is 18.9. The zero-order valence-electron chi connectivity index (χ0n) is 24.2. The summed E-state index contributed by atoms with van der Waals surface area (Å²) in [5.74, 6) is 0. The van der Waals surface area contributed by atoms with Crippen molar-refractivity contribution in [3.63, 3.8) is 0 Å². The minimum Gasteiger partial charge on any atom is -0.0654 e. The molecule has 0 heteroatoms. The van der Waals surface area contributed by atoms with Crippen molar-refractivity contribution < 1.29 is 0 Å². The minimum absolute atomic E-state index is 0.162. The van der Waals surface area contributed by atoms with Gasteiger partial charge in [0.15, 0.2) is 0 Å². The average Bonchev–Trinajstić information content (AvgIpc) is 3.19. The molecule has 0 spiro atoms. The molecule has 0 aliphatic heterocycles. The quantitative estimate of drug-likeness (QED) is 0.184. The minimum atomic E-state index is 0.162. The van der Waals surface area contributed by atoms with Crippen LogP contribution < -0.4 is 0 Å². The van der Waals surface area contributed by atoms with Crippen molar-refractivity contribution in [3.8, 4) is 22.3 Å². The molecule has 0 nitrogen and oxygen atoms in total. The van der Waals surface area contributed by atoms with E-state index in [-0.39, 0.29) is 5.41 Å². The van der Waals surface area contributed by atoms with Crippen molar-refractivity contribution >= 4 is 0 Å². The van der Waals surface area contributed by atoms with Crippen molar-refractivity contribution in [3.05, 3.63) is 82.9 Å². The number of hydrogen-bond donors (Lipinski definition) is 0. The molecule has 4 rings (SSSR count). The number of aryl methyl sites for hydroxylation is 2. The molecule has 1 aliphatic carbocycles. The second kappa shape index (κ2) is 13.5. The first-order chi connectivity index (χ1) is 18.1. The Morgan fingerprint density at radius 3 is 1.78 bits per heavy atom. The Hall–Kier alpha value is -2.34. The van der Waals surface area contributed by atoms with Crippen LogP contribution in [-0.4, -0.2) is 0 Å². The first-order valence-electron chi connectivity index (χ1n) is 15.4. The van der Waals surface area contributed by atoms with Gasteiger partial charge in [-0.2, -0.15) is 0 Å². The molecule has 0 saturated carbocycles. The van der Waals surface area contributed by atoms with Crippen LogP contribution in [0.25, 0.3) is 22.3 Å². The molecule has 0 aromatic heterocycles. The van der Waals surface area contributed by atoms with E-state index in [0.717, 1.165) is 0 Å². The Kier molecular flexibility index (Phi) is 10.1. The summed E-state index contributed by atoms with van der Waals surface area (Å²) < 4.78 is 0. The van der Waals surface area contributed by atoms with Gasteiger partial charge in [-0.15, -0.1) is 0 Å². The van der Waals surface area contributed by atoms with Gasteiger partial charge < -0.3 is 0 Å². The highest BCUT2D eigenvalue weighted by Gasteiger charge is 2.42. The van der Waals surface area contributed by atoms with Gasteiger partial charge in [0.25, 0.3) is 0 Å². The van der Waals surface area contributed by atoms with Crippen molar-refractivity contribution in [2.75, 3.05) is 0 Å². The van der Waals surface area contributed by atoms with E-state index in [1.54, 1.807) is 11.1 Å². The molecule has 0 atom stereocenters. The first-order valence-corrected chi connectivity index (χ1v) is 15.4. The SMILES string of the molecule is CCCCCCCCC1(CCCCCCCC)c2ccccc2-c2ccc(-c3cc(C)ccc3C)cc21. The summed E-state index contributed by atoms with van der Waals surface area (Å²) in [6, 6.07) is 23.7. The van der Waals surface area contributed by atoms with E-state index in [0.29, 0.717) is 0 Å². The normalized spacial score (nSPS) is 13.5. The van der Waals surface area contributed by atoms with Gasteiger partial charge in [-0.05, 0) is 71.7 Å². The van der Waals surface area contributed by atoms with Gasteiger partial charge in [-0.1, -0.05) is 151 Å². The lowest BCUT2D eigenvalue weighted by Gasteiger charge is -2.33. The molecule has 0 saturated heterocycles. The molecular weight excluding hydrogens is 444 g/mol. The van der Waals surface area contributed by atoms with Crippen LogP contribution >= 0.6 is 0 Å². The van der Waals surface area contributed by atoms with E-state index in [2.05, 4.69) is 88.4 Å². The molecule has 37 heavy (non-hydrogen) atoms. The maximum atomic E-state index is 2.59. The van der Waals surface area contributed by atoms with Crippen LogP contribution in [-0.2, 0) is 5.41 Å². The predicted octanol–water partition coefficient (Wildman–Crippen LogP) is 11.7. The maximum absolute atomic E-state index is 2.59. The van der Waals surface area contributed by atoms with Gasteiger partial charge in [-0.3, -0.25) is 0 Å². The van der Waals surface area contributed by atoms with Gasteiger partial charge in [-0.25, -0.2) is 0 Å². The van der Waals surface area contributed by atoms with Gasteiger partial charge in [0, 0.05) is 5.41 Å². The van der Waals surface area contributed by atoms with Gasteiger partial charge >= 0.3 is 0 Å². The van der Waals surface area contributed by atoms with Crippen LogP contribution in [0.5, 0.6) is 0 Å². The summed E-state index contributed by atoms with van der Waals surface area (Å²) in [5, 5.41) is 0. The Morgan fingerprint density at radius 2 is 1.11 bits per heavy atom. The van der Waals surface area contributed by atoms with Crippen LogP contribution in [0, 0.1) is 13.8 Å². The van der Waals surface area contributed by atoms with Gasteiger partial charge in [0.05, 0.1) is 0 Å². The highest BCUT2D eigenvalue weighted by Crippen LogP contribution is 2.55. The standard InChI is InChI=1S/C37H50/c1-5-7-9-11-13-17-25-37(26-18-14-12-10-8-6-2)35-20-16-15-19-32(35)33-24-23-31(28-36(33)37)34-27-29(3)21-22-30(34)4/h15-16,19-24,27-28H,5-14,17-18,25-26H2,1-4H3. The molecule has 1 aliphatic rings. The molecule has 198 valence electrons. The fourth-order valence-corrected chi connectivity index (χ4v) is 6.75. The number of hydrogen-bond acceptors (Lipinski definition) is 0. The third-order valence-corrected chi connectivity index (χ3v) is 8.89. The zero-order valence-corrected chi connectivity index (χ0v) is 24.2. The predicted molar refractivity (Wildman–Crippen MR) is 164 cm³/mol. The van der Waals surface area contributed by atoms with Crippen LogP contribution in [0.1, 0.15) is 126 Å². The lowest BCUT2D eigenvalue weighted by molar-refractivity contribution is 0.398. The first kappa shape index (κ1) is 27.7. The van der Waals surface area contributed by atoms with Crippen LogP contribution in [0.4, 0.5) is 0 Å². The van der Waals surface area contributed by atoms with Gasteiger partial charge in [0.1, 0.15) is 0 Å². The van der Waals surface area contributed by atoms with E-state index in [1.165, 1.54) is 123 Å². The number of rotatable bonds is 15. The van der Waals surface area contributed by atoms with Gasteiger partial charge in [0.2, 0.25) is 0 Å². The molecule has 0 unspecified atom stereocenters. The van der Waals surface area contributed by atoms with Crippen LogP contribution in [0.2, 0.25) is 0 Å². The largest absolute Gasteiger partial charge is 0.0654 e. The smallest absolute Gasteiger partial charge is 0.0215 e. The van der Waals surface area contributed by atoms with Crippen molar-refractivity contribution in [2.24, 2.45) is 0 Å². The molecule has 0 N–H and O–H groups in total. The Balaban J connectivity index is 1.69.